The molecular weight excluding hydrogens is 189 g/mol. The third-order valence-corrected chi connectivity index (χ3v) is 2.37. The first-order valence-corrected chi connectivity index (χ1v) is 5.23. The number of hydrogen-bond donors (Lipinski definition) is 1. The molecule has 0 saturated heterocycles. The summed E-state index contributed by atoms with van der Waals surface area (Å²) in [6.45, 7) is 8.63. The lowest BCUT2D eigenvalue weighted by Gasteiger charge is -2.14. The molecule has 0 unspecified atom stereocenters. The van der Waals surface area contributed by atoms with Crippen LogP contribution < -0.4 is 5.32 Å². The quantitative estimate of drug-likeness (QED) is 0.729. The molecule has 0 aliphatic carbocycles. The Hall–Kier alpha value is -1.15. The SMILES string of the molecule is C=C(C)CCN[C@H](C)c1ccccc1F. The Morgan fingerprint density at radius 1 is 1.47 bits per heavy atom. The summed E-state index contributed by atoms with van der Waals surface area (Å²) in [4.78, 5) is 0. The summed E-state index contributed by atoms with van der Waals surface area (Å²) in [6, 6.07) is 6.92. The van der Waals surface area contributed by atoms with Gasteiger partial charge in [0, 0.05) is 11.6 Å². The summed E-state index contributed by atoms with van der Waals surface area (Å²) < 4.78 is 13.4. The molecule has 1 rings (SSSR count). The molecule has 15 heavy (non-hydrogen) atoms. The van der Waals surface area contributed by atoms with Crippen LogP contribution in [0, 0.1) is 5.82 Å². The fourth-order valence-corrected chi connectivity index (χ4v) is 1.44. The van der Waals surface area contributed by atoms with Crippen molar-refractivity contribution in [1.29, 1.82) is 0 Å². The molecule has 0 radical (unpaired) electrons. The maximum atomic E-state index is 13.4. The van der Waals surface area contributed by atoms with Crippen molar-refractivity contribution in [2.75, 3.05) is 6.54 Å². The molecule has 0 saturated carbocycles. The van der Waals surface area contributed by atoms with Crippen molar-refractivity contribution < 1.29 is 4.39 Å². The van der Waals surface area contributed by atoms with E-state index in [-0.39, 0.29) is 11.9 Å². The predicted molar refractivity (Wildman–Crippen MR) is 62.2 cm³/mol. The van der Waals surface area contributed by atoms with Crippen LogP contribution in [0.1, 0.15) is 31.9 Å². The zero-order chi connectivity index (χ0) is 11.3. The largest absolute Gasteiger partial charge is 0.310 e. The number of benzene rings is 1. The molecule has 1 atom stereocenters. The molecule has 2 heteroatoms. The number of rotatable bonds is 5. The molecule has 1 nitrogen and oxygen atoms in total. The van der Waals surface area contributed by atoms with Crippen LogP contribution in [0.3, 0.4) is 0 Å². The van der Waals surface area contributed by atoms with E-state index in [4.69, 9.17) is 0 Å². The van der Waals surface area contributed by atoms with Crippen LogP contribution in [0.5, 0.6) is 0 Å². The molecule has 0 bridgehead atoms. The molecule has 0 fully saturated rings. The maximum Gasteiger partial charge on any atom is 0.127 e. The standard InChI is InChI=1S/C13H18FN/c1-10(2)8-9-15-11(3)12-6-4-5-7-13(12)14/h4-7,11,15H,1,8-9H2,2-3H3/t11-/m1/s1. The third-order valence-electron chi connectivity index (χ3n) is 2.37. The zero-order valence-corrected chi connectivity index (χ0v) is 9.39. The van der Waals surface area contributed by atoms with Gasteiger partial charge in [-0.3, -0.25) is 0 Å². The van der Waals surface area contributed by atoms with E-state index in [0.717, 1.165) is 24.1 Å². The monoisotopic (exact) mass is 207 g/mol. The Balaban J connectivity index is 2.50. The highest BCUT2D eigenvalue weighted by Gasteiger charge is 2.08. The summed E-state index contributed by atoms with van der Waals surface area (Å²) in [6.07, 6.45) is 0.929. The van der Waals surface area contributed by atoms with Crippen molar-refractivity contribution in [2.45, 2.75) is 26.3 Å². The van der Waals surface area contributed by atoms with E-state index >= 15 is 0 Å². The van der Waals surface area contributed by atoms with Crippen LogP contribution in [0.15, 0.2) is 36.4 Å². The van der Waals surface area contributed by atoms with Crippen LogP contribution in [0.2, 0.25) is 0 Å². The van der Waals surface area contributed by atoms with Crippen LogP contribution in [0.4, 0.5) is 4.39 Å². The van der Waals surface area contributed by atoms with E-state index in [2.05, 4.69) is 11.9 Å². The first kappa shape index (κ1) is 11.9. The molecule has 1 N–H and O–H groups in total. The molecule has 0 spiro atoms. The lowest BCUT2D eigenvalue weighted by Crippen LogP contribution is -2.20. The van der Waals surface area contributed by atoms with Gasteiger partial charge < -0.3 is 5.32 Å². The molecule has 0 aliphatic rings. The minimum Gasteiger partial charge on any atom is -0.310 e. The van der Waals surface area contributed by atoms with Crippen molar-refractivity contribution in [2.24, 2.45) is 0 Å². The topological polar surface area (TPSA) is 12.0 Å². The van der Waals surface area contributed by atoms with Crippen molar-refractivity contribution in [1.82, 2.24) is 5.32 Å². The van der Waals surface area contributed by atoms with Gasteiger partial charge in [-0.05, 0) is 32.9 Å². The van der Waals surface area contributed by atoms with Gasteiger partial charge >= 0.3 is 0 Å². The number of halogens is 1. The van der Waals surface area contributed by atoms with E-state index in [1.54, 1.807) is 6.07 Å². The Bertz CT molecular complexity index is 333. The van der Waals surface area contributed by atoms with E-state index in [0.29, 0.717) is 0 Å². The van der Waals surface area contributed by atoms with Crippen LogP contribution in [0.25, 0.3) is 0 Å². The second-order valence-corrected chi connectivity index (χ2v) is 3.90. The highest BCUT2D eigenvalue weighted by atomic mass is 19.1. The highest BCUT2D eigenvalue weighted by molar-refractivity contribution is 5.20. The van der Waals surface area contributed by atoms with Crippen molar-refractivity contribution >= 4 is 0 Å². The minimum absolute atomic E-state index is 0.0468. The molecule has 0 amide bonds. The molecule has 0 aliphatic heterocycles. The average molecular weight is 207 g/mol. The van der Waals surface area contributed by atoms with Crippen molar-refractivity contribution in [3.8, 4) is 0 Å². The summed E-state index contributed by atoms with van der Waals surface area (Å²) >= 11 is 0. The zero-order valence-electron chi connectivity index (χ0n) is 9.39. The second kappa shape index (κ2) is 5.66. The van der Waals surface area contributed by atoms with Gasteiger partial charge in [-0.2, -0.15) is 0 Å². The lowest BCUT2D eigenvalue weighted by atomic mass is 10.1. The summed E-state index contributed by atoms with van der Waals surface area (Å²) in [7, 11) is 0. The van der Waals surface area contributed by atoms with E-state index in [9.17, 15) is 4.39 Å². The second-order valence-electron chi connectivity index (χ2n) is 3.90. The smallest absolute Gasteiger partial charge is 0.127 e. The molecule has 82 valence electrons. The van der Waals surface area contributed by atoms with Crippen LogP contribution in [-0.4, -0.2) is 6.54 Å². The van der Waals surface area contributed by atoms with Gasteiger partial charge in [0.15, 0.2) is 0 Å². The van der Waals surface area contributed by atoms with E-state index in [1.807, 2.05) is 26.0 Å². The van der Waals surface area contributed by atoms with E-state index in [1.165, 1.54) is 6.07 Å². The summed E-state index contributed by atoms with van der Waals surface area (Å²) in [5.41, 5.74) is 1.86. The van der Waals surface area contributed by atoms with Gasteiger partial charge in [0.25, 0.3) is 0 Å². The Morgan fingerprint density at radius 2 is 2.13 bits per heavy atom. The van der Waals surface area contributed by atoms with Crippen molar-refractivity contribution in [3.05, 3.63) is 47.8 Å². The van der Waals surface area contributed by atoms with Gasteiger partial charge in [-0.1, -0.05) is 23.8 Å². The Morgan fingerprint density at radius 3 is 2.73 bits per heavy atom. The first-order valence-electron chi connectivity index (χ1n) is 5.23. The van der Waals surface area contributed by atoms with Gasteiger partial charge in [-0.15, -0.1) is 6.58 Å². The lowest BCUT2D eigenvalue weighted by molar-refractivity contribution is 0.530. The van der Waals surface area contributed by atoms with Crippen LogP contribution >= 0.6 is 0 Å². The predicted octanol–water partition coefficient (Wildman–Crippen LogP) is 3.44. The molecule has 1 aromatic carbocycles. The van der Waals surface area contributed by atoms with Crippen LogP contribution in [-0.2, 0) is 0 Å². The van der Waals surface area contributed by atoms with Gasteiger partial charge in [0.05, 0.1) is 0 Å². The normalized spacial score (nSPS) is 12.5. The van der Waals surface area contributed by atoms with Crippen molar-refractivity contribution in [3.63, 3.8) is 0 Å². The Kier molecular flexibility index (Phi) is 4.50. The van der Waals surface area contributed by atoms with Gasteiger partial charge in [-0.25, -0.2) is 4.39 Å². The molecule has 0 heterocycles. The van der Waals surface area contributed by atoms with Gasteiger partial charge in [0.1, 0.15) is 5.82 Å². The molecule has 1 aromatic rings. The average Bonchev–Trinajstić information content (AvgIpc) is 2.17. The highest BCUT2D eigenvalue weighted by Crippen LogP contribution is 2.15. The number of nitrogens with one attached hydrogen (secondary N) is 1. The molecule has 0 aromatic heterocycles. The van der Waals surface area contributed by atoms with E-state index < -0.39 is 0 Å². The summed E-state index contributed by atoms with van der Waals surface area (Å²) in [5.74, 6) is -0.146. The Labute approximate surface area is 91.0 Å². The first-order chi connectivity index (χ1) is 7.11. The minimum atomic E-state index is -0.146. The fraction of sp³-hybridized carbons (Fsp3) is 0.385. The molecular formula is C13H18FN. The maximum absolute atomic E-state index is 13.4. The number of hydrogen-bond acceptors (Lipinski definition) is 1. The fourth-order valence-electron chi connectivity index (χ4n) is 1.44. The third kappa shape index (κ3) is 3.84. The van der Waals surface area contributed by atoms with Gasteiger partial charge in [0.2, 0.25) is 0 Å². The summed E-state index contributed by atoms with van der Waals surface area (Å²) in [5, 5.41) is 3.27.